The highest BCUT2D eigenvalue weighted by molar-refractivity contribution is 9.08. The number of nitrogens with zero attached hydrogens (tertiary/aromatic N) is 2. The van der Waals surface area contributed by atoms with E-state index in [-0.39, 0.29) is 0 Å². The van der Waals surface area contributed by atoms with Gasteiger partial charge in [-0.15, -0.1) is 0 Å². The molecule has 112 valence electrons. The lowest BCUT2D eigenvalue weighted by atomic mass is 10.1. The lowest BCUT2D eigenvalue weighted by Gasteiger charge is -2.25. The monoisotopic (exact) mass is 364 g/mol. The van der Waals surface area contributed by atoms with Crippen molar-refractivity contribution in [3.63, 3.8) is 0 Å². The van der Waals surface area contributed by atoms with Crippen LogP contribution >= 0.6 is 27.7 Å². The number of fused-ring (bicyclic) bond motifs is 1. The van der Waals surface area contributed by atoms with Crippen molar-refractivity contribution in [2.24, 2.45) is 0 Å². The van der Waals surface area contributed by atoms with Crippen LogP contribution in [-0.4, -0.2) is 28.6 Å². The van der Waals surface area contributed by atoms with E-state index in [2.05, 4.69) is 76.8 Å². The molecule has 3 rings (SSSR count). The summed E-state index contributed by atoms with van der Waals surface area (Å²) in [5, 5.41) is 2.08. The standard InChI is InChI=1S/C17H21BrN2S/c1-17(2)7-8-20(9-10-21-17)16-14(12-18)11-13-5-3-4-6-15(13)19-16/h3-6,11H,7-10,12H2,1-2H3. The zero-order chi connectivity index (χ0) is 14.9. The average Bonchev–Trinajstić information content (AvgIpc) is 2.66. The highest BCUT2D eigenvalue weighted by Gasteiger charge is 2.25. The molecule has 1 aliphatic heterocycles. The van der Waals surface area contributed by atoms with Crippen molar-refractivity contribution >= 4 is 44.4 Å². The van der Waals surface area contributed by atoms with Gasteiger partial charge in [-0.25, -0.2) is 4.98 Å². The fraction of sp³-hybridized carbons (Fsp3) is 0.471. The molecule has 0 bridgehead atoms. The van der Waals surface area contributed by atoms with E-state index in [0.717, 1.165) is 29.8 Å². The van der Waals surface area contributed by atoms with E-state index < -0.39 is 0 Å². The summed E-state index contributed by atoms with van der Waals surface area (Å²) >= 11 is 5.71. The van der Waals surface area contributed by atoms with Gasteiger partial charge in [0.1, 0.15) is 5.82 Å². The van der Waals surface area contributed by atoms with Gasteiger partial charge in [-0.05, 0) is 18.6 Å². The minimum absolute atomic E-state index is 0.375. The molecule has 2 nitrogen and oxygen atoms in total. The summed E-state index contributed by atoms with van der Waals surface area (Å²) in [4.78, 5) is 7.41. The average molecular weight is 365 g/mol. The molecular formula is C17H21BrN2S. The van der Waals surface area contributed by atoms with Gasteiger partial charge in [0.15, 0.2) is 0 Å². The Hall–Kier alpha value is -0.740. The molecular weight excluding hydrogens is 344 g/mol. The number of benzene rings is 1. The Morgan fingerprint density at radius 3 is 2.90 bits per heavy atom. The summed E-state index contributed by atoms with van der Waals surface area (Å²) in [6.45, 7) is 6.87. The van der Waals surface area contributed by atoms with Gasteiger partial charge in [-0.2, -0.15) is 11.8 Å². The Morgan fingerprint density at radius 1 is 1.29 bits per heavy atom. The zero-order valence-corrected chi connectivity index (χ0v) is 15.0. The van der Waals surface area contributed by atoms with Crippen LogP contribution in [0.4, 0.5) is 5.82 Å². The molecule has 4 heteroatoms. The smallest absolute Gasteiger partial charge is 0.133 e. The van der Waals surface area contributed by atoms with E-state index in [1.807, 2.05) is 0 Å². The number of para-hydroxylation sites is 1. The molecule has 0 atom stereocenters. The molecule has 0 amide bonds. The molecule has 0 N–H and O–H groups in total. The van der Waals surface area contributed by atoms with Gasteiger partial charge in [-0.3, -0.25) is 0 Å². The fourth-order valence-electron chi connectivity index (χ4n) is 2.75. The summed E-state index contributed by atoms with van der Waals surface area (Å²) in [5.74, 6) is 2.33. The zero-order valence-electron chi connectivity index (χ0n) is 12.6. The highest BCUT2D eigenvalue weighted by Crippen LogP contribution is 2.33. The molecule has 21 heavy (non-hydrogen) atoms. The summed E-state index contributed by atoms with van der Waals surface area (Å²) in [5.41, 5.74) is 2.38. The first-order chi connectivity index (χ1) is 10.1. The summed E-state index contributed by atoms with van der Waals surface area (Å²) in [7, 11) is 0. The van der Waals surface area contributed by atoms with E-state index in [1.54, 1.807) is 0 Å². The van der Waals surface area contributed by atoms with Crippen LogP contribution in [0.5, 0.6) is 0 Å². The molecule has 0 radical (unpaired) electrons. The van der Waals surface area contributed by atoms with Crippen LogP contribution in [0.3, 0.4) is 0 Å². The van der Waals surface area contributed by atoms with E-state index in [4.69, 9.17) is 4.98 Å². The van der Waals surface area contributed by atoms with Crippen molar-refractivity contribution < 1.29 is 0 Å². The Kier molecular flexibility index (Phi) is 4.46. The molecule has 0 unspecified atom stereocenters. The molecule has 0 saturated carbocycles. The number of hydrogen-bond acceptors (Lipinski definition) is 3. The second kappa shape index (κ2) is 6.17. The first-order valence-electron chi connectivity index (χ1n) is 7.43. The number of pyridine rings is 1. The number of hydrogen-bond donors (Lipinski definition) is 0. The van der Waals surface area contributed by atoms with Gasteiger partial charge in [0, 0.05) is 39.9 Å². The maximum absolute atomic E-state index is 4.95. The SMILES string of the molecule is CC1(C)CCN(c2nc3ccccc3cc2CBr)CCS1. The molecule has 1 saturated heterocycles. The molecule has 0 spiro atoms. The summed E-state index contributed by atoms with van der Waals surface area (Å²) < 4.78 is 0.375. The number of halogens is 1. The van der Waals surface area contributed by atoms with Crippen molar-refractivity contribution in [2.45, 2.75) is 30.3 Å². The van der Waals surface area contributed by atoms with Gasteiger partial charge < -0.3 is 4.90 Å². The van der Waals surface area contributed by atoms with Crippen LogP contribution in [0.25, 0.3) is 10.9 Å². The Labute approximate surface area is 139 Å². The highest BCUT2D eigenvalue weighted by atomic mass is 79.9. The van der Waals surface area contributed by atoms with Gasteiger partial charge in [0.25, 0.3) is 0 Å². The first kappa shape index (κ1) is 15.2. The van der Waals surface area contributed by atoms with Crippen LogP contribution in [0.2, 0.25) is 0 Å². The van der Waals surface area contributed by atoms with Crippen molar-refractivity contribution in [1.82, 2.24) is 4.98 Å². The number of aromatic nitrogens is 1. The van der Waals surface area contributed by atoms with E-state index in [9.17, 15) is 0 Å². The maximum atomic E-state index is 4.95. The molecule has 2 aromatic rings. The minimum Gasteiger partial charge on any atom is -0.355 e. The first-order valence-corrected chi connectivity index (χ1v) is 9.53. The second-order valence-corrected chi connectivity index (χ2v) is 8.51. The minimum atomic E-state index is 0.375. The third-order valence-electron chi connectivity index (χ3n) is 4.06. The van der Waals surface area contributed by atoms with Gasteiger partial charge in [-0.1, -0.05) is 48.0 Å². The van der Waals surface area contributed by atoms with E-state index in [0.29, 0.717) is 4.75 Å². The lowest BCUT2D eigenvalue weighted by Crippen LogP contribution is -2.28. The Balaban J connectivity index is 1.98. The summed E-state index contributed by atoms with van der Waals surface area (Å²) in [6, 6.07) is 10.7. The molecule has 1 aromatic carbocycles. The van der Waals surface area contributed by atoms with Gasteiger partial charge in [0.05, 0.1) is 5.52 Å². The molecule has 2 heterocycles. The van der Waals surface area contributed by atoms with Crippen LogP contribution in [0.15, 0.2) is 30.3 Å². The number of rotatable bonds is 2. The third kappa shape index (κ3) is 3.37. The fourth-order valence-corrected chi connectivity index (χ4v) is 4.27. The van der Waals surface area contributed by atoms with Crippen LogP contribution in [-0.2, 0) is 5.33 Å². The second-order valence-electron chi connectivity index (χ2n) is 6.14. The maximum Gasteiger partial charge on any atom is 0.133 e. The van der Waals surface area contributed by atoms with Crippen LogP contribution in [0.1, 0.15) is 25.8 Å². The molecule has 1 fully saturated rings. The molecule has 1 aromatic heterocycles. The van der Waals surface area contributed by atoms with Crippen molar-refractivity contribution in [3.05, 3.63) is 35.9 Å². The largest absolute Gasteiger partial charge is 0.355 e. The van der Waals surface area contributed by atoms with Crippen LogP contribution in [0, 0.1) is 0 Å². The number of alkyl halides is 1. The Morgan fingerprint density at radius 2 is 2.10 bits per heavy atom. The number of thioether (sulfide) groups is 1. The summed E-state index contributed by atoms with van der Waals surface area (Å²) in [6.07, 6.45) is 1.20. The van der Waals surface area contributed by atoms with Gasteiger partial charge in [0.2, 0.25) is 0 Å². The molecule has 0 aliphatic carbocycles. The lowest BCUT2D eigenvalue weighted by molar-refractivity contribution is 0.635. The predicted molar refractivity (Wildman–Crippen MR) is 97.7 cm³/mol. The normalized spacial score (nSPS) is 18.7. The molecule has 1 aliphatic rings. The van der Waals surface area contributed by atoms with Crippen molar-refractivity contribution in [2.75, 3.05) is 23.7 Å². The van der Waals surface area contributed by atoms with Crippen molar-refractivity contribution in [1.29, 1.82) is 0 Å². The van der Waals surface area contributed by atoms with Gasteiger partial charge >= 0.3 is 0 Å². The van der Waals surface area contributed by atoms with Crippen molar-refractivity contribution in [3.8, 4) is 0 Å². The van der Waals surface area contributed by atoms with E-state index >= 15 is 0 Å². The quantitative estimate of drug-likeness (QED) is 0.708. The number of anilines is 1. The predicted octanol–water partition coefficient (Wildman–Crippen LogP) is 4.85. The Bertz CT molecular complexity index is 642. The van der Waals surface area contributed by atoms with E-state index in [1.165, 1.54) is 23.1 Å². The third-order valence-corrected chi connectivity index (χ3v) is 6.04. The topological polar surface area (TPSA) is 16.1 Å². The van der Waals surface area contributed by atoms with Crippen LogP contribution < -0.4 is 4.90 Å².